The van der Waals surface area contributed by atoms with Crippen LogP contribution in [0.5, 0.6) is 0 Å². The molecular weight excluding hydrogens is 308 g/mol. The largest absolute Gasteiger partial charge is 0.452 e. The quantitative estimate of drug-likeness (QED) is 0.777. The van der Waals surface area contributed by atoms with Gasteiger partial charge in [-0.05, 0) is 31.9 Å². The Morgan fingerprint density at radius 3 is 2.75 bits per heavy atom. The first-order chi connectivity index (χ1) is 11.5. The van der Waals surface area contributed by atoms with Crippen LogP contribution >= 0.6 is 0 Å². The molecule has 0 saturated carbocycles. The molecular formula is C18H24N2O4. The summed E-state index contributed by atoms with van der Waals surface area (Å²) < 4.78 is 5.12. The number of carbonyl (C=O) groups is 3. The minimum atomic E-state index is -0.594. The van der Waals surface area contributed by atoms with Crippen molar-refractivity contribution in [2.45, 2.75) is 45.6 Å². The Morgan fingerprint density at radius 2 is 2.08 bits per heavy atom. The molecule has 1 saturated heterocycles. The van der Waals surface area contributed by atoms with Crippen LogP contribution in [0.4, 0.5) is 5.69 Å². The van der Waals surface area contributed by atoms with Gasteiger partial charge in [0.25, 0.3) is 5.91 Å². The molecule has 0 radical (unpaired) electrons. The Balaban J connectivity index is 1.98. The second kappa shape index (κ2) is 8.47. The fourth-order valence-corrected chi connectivity index (χ4v) is 2.81. The van der Waals surface area contributed by atoms with Crippen LogP contribution in [0.2, 0.25) is 0 Å². The first-order valence-electron chi connectivity index (χ1n) is 8.38. The molecule has 0 bridgehead atoms. The number of ether oxygens (including phenoxy) is 1. The van der Waals surface area contributed by atoms with Gasteiger partial charge in [-0.25, -0.2) is 4.79 Å². The molecule has 1 aliphatic heterocycles. The Hall–Kier alpha value is -2.37. The maximum Gasteiger partial charge on any atom is 0.340 e. The molecule has 6 heteroatoms. The van der Waals surface area contributed by atoms with Gasteiger partial charge in [0.05, 0.1) is 11.3 Å². The number of anilines is 1. The van der Waals surface area contributed by atoms with Gasteiger partial charge >= 0.3 is 5.97 Å². The zero-order valence-corrected chi connectivity index (χ0v) is 14.2. The lowest BCUT2D eigenvalue weighted by Gasteiger charge is -2.19. The summed E-state index contributed by atoms with van der Waals surface area (Å²) in [7, 11) is 0. The van der Waals surface area contributed by atoms with Crippen molar-refractivity contribution in [1.82, 2.24) is 5.32 Å². The van der Waals surface area contributed by atoms with Crippen molar-refractivity contribution in [3.05, 3.63) is 29.8 Å². The van der Waals surface area contributed by atoms with Gasteiger partial charge in [0.1, 0.15) is 0 Å². The van der Waals surface area contributed by atoms with E-state index >= 15 is 0 Å². The van der Waals surface area contributed by atoms with Crippen LogP contribution in [0.25, 0.3) is 0 Å². The number of esters is 1. The van der Waals surface area contributed by atoms with Gasteiger partial charge in [0, 0.05) is 19.0 Å². The molecule has 0 unspecified atom stereocenters. The zero-order valence-electron chi connectivity index (χ0n) is 14.2. The number of amides is 2. The highest BCUT2D eigenvalue weighted by Gasteiger charge is 2.26. The number of hydrogen-bond acceptors (Lipinski definition) is 4. The SMILES string of the molecule is CCC[C@H](C)NC(=O)COC(=O)c1ccccc1N1CCCC1=O. The van der Waals surface area contributed by atoms with Crippen molar-refractivity contribution in [2.24, 2.45) is 0 Å². The number of nitrogens with one attached hydrogen (secondary N) is 1. The number of para-hydroxylation sites is 1. The zero-order chi connectivity index (χ0) is 17.5. The summed E-state index contributed by atoms with van der Waals surface area (Å²) in [6, 6.07) is 6.88. The summed E-state index contributed by atoms with van der Waals surface area (Å²) in [6.45, 7) is 4.23. The lowest BCUT2D eigenvalue weighted by molar-refractivity contribution is -0.124. The van der Waals surface area contributed by atoms with E-state index in [1.54, 1.807) is 29.2 Å². The van der Waals surface area contributed by atoms with Gasteiger partial charge in [0.15, 0.2) is 6.61 Å². The van der Waals surface area contributed by atoms with Crippen LogP contribution in [0.3, 0.4) is 0 Å². The molecule has 1 heterocycles. The summed E-state index contributed by atoms with van der Waals surface area (Å²) in [5.41, 5.74) is 0.854. The number of nitrogens with zero attached hydrogens (tertiary/aromatic N) is 1. The van der Waals surface area contributed by atoms with E-state index in [-0.39, 0.29) is 24.5 Å². The van der Waals surface area contributed by atoms with Gasteiger partial charge in [-0.1, -0.05) is 25.5 Å². The molecule has 1 aromatic rings. The highest BCUT2D eigenvalue weighted by atomic mass is 16.5. The highest BCUT2D eigenvalue weighted by molar-refractivity contribution is 6.03. The van der Waals surface area contributed by atoms with E-state index in [1.165, 1.54) is 0 Å². The van der Waals surface area contributed by atoms with Gasteiger partial charge in [-0.15, -0.1) is 0 Å². The van der Waals surface area contributed by atoms with Crippen molar-refractivity contribution in [1.29, 1.82) is 0 Å². The molecule has 1 N–H and O–H groups in total. The van der Waals surface area contributed by atoms with Gasteiger partial charge < -0.3 is 15.0 Å². The van der Waals surface area contributed by atoms with Crippen molar-refractivity contribution >= 4 is 23.5 Å². The number of carbonyl (C=O) groups excluding carboxylic acids is 3. The smallest absolute Gasteiger partial charge is 0.340 e. The van der Waals surface area contributed by atoms with Crippen LogP contribution in [0, 0.1) is 0 Å². The normalized spacial score (nSPS) is 15.2. The Labute approximate surface area is 142 Å². The molecule has 0 aromatic heterocycles. The third-order valence-corrected chi connectivity index (χ3v) is 3.95. The summed E-state index contributed by atoms with van der Waals surface area (Å²) >= 11 is 0. The van der Waals surface area contributed by atoms with E-state index in [0.29, 0.717) is 24.2 Å². The average Bonchev–Trinajstić information content (AvgIpc) is 2.98. The topological polar surface area (TPSA) is 75.7 Å². The molecule has 6 nitrogen and oxygen atoms in total. The van der Waals surface area contributed by atoms with Crippen LogP contribution in [0.1, 0.15) is 49.9 Å². The third-order valence-electron chi connectivity index (χ3n) is 3.95. The van der Waals surface area contributed by atoms with Crippen LogP contribution in [-0.2, 0) is 14.3 Å². The van der Waals surface area contributed by atoms with E-state index < -0.39 is 5.97 Å². The molecule has 1 atom stereocenters. The van der Waals surface area contributed by atoms with E-state index in [2.05, 4.69) is 5.32 Å². The maximum atomic E-state index is 12.3. The van der Waals surface area contributed by atoms with E-state index in [9.17, 15) is 14.4 Å². The highest BCUT2D eigenvalue weighted by Crippen LogP contribution is 2.25. The van der Waals surface area contributed by atoms with Crippen molar-refractivity contribution in [2.75, 3.05) is 18.1 Å². The summed E-state index contributed by atoms with van der Waals surface area (Å²) in [5.74, 6) is -0.913. The van der Waals surface area contributed by atoms with Gasteiger partial charge in [-0.3, -0.25) is 9.59 Å². The molecule has 130 valence electrons. The summed E-state index contributed by atoms with van der Waals surface area (Å²) in [6.07, 6.45) is 3.11. The fourth-order valence-electron chi connectivity index (χ4n) is 2.81. The first-order valence-corrected chi connectivity index (χ1v) is 8.38. The van der Waals surface area contributed by atoms with E-state index in [0.717, 1.165) is 19.3 Å². The van der Waals surface area contributed by atoms with Crippen LogP contribution in [-0.4, -0.2) is 37.0 Å². The lowest BCUT2D eigenvalue weighted by Crippen LogP contribution is -2.35. The number of rotatable bonds is 7. The van der Waals surface area contributed by atoms with Crippen molar-refractivity contribution in [3.63, 3.8) is 0 Å². The molecule has 1 aliphatic rings. The molecule has 0 spiro atoms. The first kappa shape index (κ1) is 18.0. The third kappa shape index (κ3) is 4.57. The Morgan fingerprint density at radius 1 is 1.33 bits per heavy atom. The fraction of sp³-hybridized carbons (Fsp3) is 0.500. The molecule has 1 aromatic carbocycles. The second-order valence-corrected chi connectivity index (χ2v) is 6.00. The van der Waals surface area contributed by atoms with Crippen LogP contribution < -0.4 is 10.2 Å². The van der Waals surface area contributed by atoms with Gasteiger partial charge in [-0.2, -0.15) is 0 Å². The summed E-state index contributed by atoms with van der Waals surface area (Å²) in [5, 5.41) is 2.78. The average molecular weight is 332 g/mol. The molecule has 1 fully saturated rings. The molecule has 2 rings (SSSR count). The number of hydrogen-bond donors (Lipinski definition) is 1. The Bertz CT molecular complexity index is 615. The monoisotopic (exact) mass is 332 g/mol. The predicted octanol–water partition coefficient (Wildman–Crippen LogP) is 2.28. The summed E-state index contributed by atoms with van der Waals surface area (Å²) in [4.78, 5) is 37.6. The molecule has 24 heavy (non-hydrogen) atoms. The van der Waals surface area contributed by atoms with Gasteiger partial charge in [0.2, 0.25) is 5.91 Å². The molecule has 0 aliphatic carbocycles. The molecule has 2 amide bonds. The minimum Gasteiger partial charge on any atom is -0.452 e. The van der Waals surface area contributed by atoms with Crippen LogP contribution in [0.15, 0.2) is 24.3 Å². The minimum absolute atomic E-state index is 0.00128. The lowest BCUT2D eigenvalue weighted by atomic mass is 10.1. The maximum absolute atomic E-state index is 12.3. The van der Waals surface area contributed by atoms with Crippen molar-refractivity contribution in [3.8, 4) is 0 Å². The van der Waals surface area contributed by atoms with Crippen molar-refractivity contribution < 1.29 is 19.1 Å². The Kier molecular flexibility index (Phi) is 6.35. The standard InChI is InChI=1S/C18H24N2O4/c1-3-7-13(2)19-16(21)12-24-18(23)14-8-4-5-9-15(14)20-11-6-10-17(20)22/h4-5,8-9,13H,3,6-7,10-12H2,1-2H3,(H,19,21)/t13-/m0/s1. The van der Waals surface area contributed by atoms with E-state index in [1.807, 2.05) is 13.8 Å². The van der Waals surface area contributed by atoms with E-state index in [4.69, 9.17) is 4.74 Å². The second-order valence-electron chi connectivity index (χ2n) is 6.00. The number of benzene rings is 1. The predicted molar refractivity (Wildman–Crippen MR) is 90.8 cm³/mol.